The van der Waals surface area contributed by atoms with E-state index >= 15 is 0 Å². The predicted molar refractivity (Wildman–Crippen MR) is 65.2 cm³/mol. The smallest absolute Gasteiger partial charge is 0.161 e. The van der Waals surface area contributed by atoms with Gasteiger partial charge in [0.25, 0.3) is 0 Å². The molecule has 0 aliphatic rings. The Morgan fingerprint density at radius 3 is 2.53 bits per heavy atom. The fraction of sp³-hybridized carbons (Fsp3) is 0.308. The molecule has 0 bridgehead atoms. The molecule has 0 atom stereocenters. The summed E-state index contributed by atoms with van der Waals surface area (Å²) in [5.74, 6) is -1.71. The zero-order valence-corrected chi connectivity index (χ0v) is 9.85. The summed E-state index contributed by atoms with van der Waals surface area (Å²) in [7, 11) is 1.76. The standard InChI is InChI=1S/C13H14F2N2/c1-3-4-8-5-12(16-2)9-6-10(14)11(15)7-13(9)17-8/h5-7H,3-4H2,1-2H3,(H,16,17). The molecule has 1 aromatic carbocycles. The van der Waals surface area contributed by atoms with Crippen LogP contribution in [-0.4, -0.2) is 12.0 Å². The number of nitrogens with zero attached hydrogens (tertiary/aromatic N) is 1. The van der Waals surface area contributed by atoms with Gasteiger partial charge in [-0.15, -0.1) is 0 Å². The van der Waals surface area contributed by atoms with E-state index in [2.05, 4.69) is 17.2 Å². The Kier molecular flexibility index (Phi) is 3.22. The van der Waals surface area contributed by atoms with Crippen molar-refractivity contribution in [3.8, 4) is 0 Å². The van der Waals surface area contributed by atoms with Crippen LogP contribution in [-0.2, 0) is 6.42 Å². The highest BCUT2D eigenvalue weighted by Crippen LogP contribution is 2.25. The second-order valence-corrected chi connectivity index (χ2v) is 3.94. The van der Waals surface area contributed by atoms with Gasteiger partial charge < -0.3 is 5.32 Å². The number of hydrogen-bond acceptors (Lipinski definition) is 2. The maximum Gasteiger partial charge on any atom is 0.161 e. The second kappa shape index (κ2) is 4.65. The molecule has 0 saturated carbocycles. The molecule has 0 saturated heterocycles. The molecule has 2 rings (SSSR count). The second-order valence-electron chi connectivity index (χ2n) is 3.94. The molecule has 0 spiro atoms. The van der Waals surface area contributed by atoms with Crippen LogP contribution in [0, 0.1) is 11.6 Å². The third-order valence-corrected chi connectivity index (χ3v) is 2.68. The number of anilines is 1. The molecule has 1 N–H and O–H groups in total. The summed E-state index contributed by atoms with van der Waals surface area (Å²) >= 11 is 0. The number of hydrogen-bond donors (Lipinski definition) is 1. The largest absolute Gasteiger partial charge is 0.388 e. The summed E-state index contributed by atoms with van der Waals surface area (Å²) in [4.78, 5) is 4.33. The maximum absolute atomic E-state index is 13.2. The van der Waals surface area contributed by atoms with E-state index in [1.807, 2.05) is 6.07 Å². The average molecular weight is 236 g/mol. The average Bonchev–Trinajstić information content (AvgIpc) is 2.31. The van der Waals surface area contributed by atoms with E-state index in [1.54, 1.807) is 7.05 Å². The molecule has 0 aliphatic carbocycles. The van der Waals surface area contributed by atoms with Gasteiger partial charge in [0.05, 0.1) is 5.52 Å². The third kappa shape index (κ3) is 2.20. The van der Waals surface area contributed by atoms with Crippen LogP contribution in [0.3, 0.4) is 0 Å². The first-order valence-electron chi connectivity index (χ1n) is 5.62. The lowest BCUT2D eigenvalue weighted by molar-refractivity contribution is 0.510. The molecule has 2 nitrogen and oxygen atoms in total. The van der Waals surface area contributed by atoms with Gasteiger partial charge in [-0.1, -0.05) is 13.3 Å². The Bertz CT molecular complexity index is 553. The quantitative estimate of drug-likeness (QED) is 0.882. The Hall–Kier alpha value is -1.71. The molecule has 17 heavy (non-hydrogen) atoms. The molecule has 0 amide bonds. The number of aromatic nitrogens is 1. The molecule has 0 fully saturated rings. The lowest BCUT2D eigenvalue weighted by Gasteiger charge is -2.09. The molecule has 90 valence electrons. The summed E-state index contributed by atoms with van der Waals surface area (Å²) in [6, 6.07) is 4.20. The summed E-state index contributed by atoms with van der Waals surface area (Å²) < 4.78 is 26.3. The molecule has 0 radical (unpaired) electrons. The minimum atomic E-state index is -0.860. The molecule has 0 aliphatic heterocycles. The summed E-state index contributed by atoms with van der Waals surface area (Å²) in [5, 5.41) is 3.59. The van der Waals surface area contributed by atoms with Crippen molar-refractivity contribution in [3.63, 3.8) is 0 Å². The molecule has 0 unspecified atom stereocenters. The maximum atomic E-state index is 13.2. The lowest BCUT2D eigenvalue weighted by atomic mass is 10.1. The zero-order valence-electron chi connectivity index (χ0n) is 9.85. The van der Waals surface area contributed by atoms with Gasteiger partial charge in [-0.3, -0.25) is 4.98 Å². The van der Waals surface area contributed by atoms with Crippen LogP contribution >= 0.6 is 0 Å². The van der Waals surface area contributed by atoms with Crippen LogP contribution in [0.4, 0.5) is 14.5 Å². The fourth-order valence-electron chi connectivity index (χ4n) is 1.87. The fourth-order valence-corrected chi connectivity index (χ4v) is 1.87. The third-order valence-electron chi connectivity index (χ3n) is 2.68. The van der Waals surface area contributed by atoms with Gasteiger partial charge in [0.15, 0.2) is 11.6 Å². The van der Waals surface area contributed by atoms with Crippen molar-refractivity contribution < 1.29 is 8.78 Å². The zero-order chi connectivity index (χ0) is 12.4. The van der Waals surface area contributed by atoms with Crippen molar-refractivity contribution in [2.75, 3.05) is 12.4 Å². The van der Waals surface area contributed by atoms with Gasteiger partial charge in [-0.25, -0.2) is 8.78 Å². The molecular formula is C13H14F2N2. The number of aryl methyl sites for hydroxylation is 1. The van der Waals surface area contributed by atoms with E-state index in [4.69, 9.17) is 0 Å². The van der Waals surface area contributed by atoms with E-state index in [0.29, 0.717) is 10.9 Å². The first kappa shape index (κ1) is 11.8. The minimum absolute atomic E-state index is 0.485. The van der Waals surface area contributed by atoms with Crippen LogP contribution in [0.25, 0.3) is 10.9 Å². The lowest BCUT2D eigenvalue weighted by Crippen LogP contribution is -1.98. The van der Waals surface area contributed by atoms with Crippen molar-refractivity contribution in [1.29, 1.82) is 0 Å². The minimum Gasteiger partial charge on any atom is -0.388 e. The van der Waals surface area contributed by atoms with E-state index in [0.717, 1.165) is 30.3 Å². The Morgan fingerprint density at radius 2 is 1.88 bits per heavy atom. The highest BCUT2D eigenvalue weighted by Gasteiger charge is 2.09. The summed E-state index contributed by atoms with van der Waals surface area (Å²) in [6.45, 7) is 2.05. The number of rotatable bonds is 3. The molecule has 2 aromatic rings. The van der Waals surface area contributed by atoms with Crippen LogP contribution in [0.15, 0.2) is 18.2 Å². The van der Waals surface area contributed by atoms with Crippen molar-refractivity contribution in [2.45, 2.75) is 19.8 Å². The van der Waals surface area contributed by atoms with Crippen LogP contribution in [0.5, 0.6) is 0 Å². The number of fused-ring (bicyclic) bond motifs is 1. The topological polar surface area (TPSA) is 24.9 Å². The number of nitrogens with one attached hydrogen (secondary N) is 1. The van der Waals surface area contributed by atoms with Crippen molar-refractivity contribution in [2.24, 2.45) is 0 Å². The molecule has 1 heterocycles. The van der Waals surface area contributed by atoms with E-state index < -0.39 is 11.6 Å². The first-order chi connectivity index (χ1) is 8.15. The number of pyridine rings is 1. The van der Waals surface area contributed by atoms with Crippen LogP contribution < -0.4 is 5.32 Å². The molecule has 4 heteroatoms. The Balaban J connectivity index is 2.68. The number of benzene rings is 1. The first-order valence-corrected chi connectivity index (χ1v) is 5.62. The molecule has 1 aromatic heterocycles. The van der Waals surface area contributed by atoms with Gasteiger partial charge in [-0.2, -0.15) is 0 Å². The van der Waals surface area contributed by atoms with E-state index in [9.17, 15) is 8.78 Å². The molecular weight excluding hydrogens is 222 g/mol. The van der Waals surface area contributed by atoms with E-state index in [-0.39, 0.29) is 0 Å². The van der Waals surface area contributed by atoms with Gasteiger partial charge >= 0.3 is 0 Å². The van der Waals surface area contributed by atoms with E-state index in [1.165, 1.54) is 6.07 Å². The monoisotopic (exact) mass is 236 g/mol. The highest BCUT2D eigenvalue weighted by atomic mass is 19.2. The SMILES string of the molecule is CCCc1cc(NC)c2cc(F)c(F)cc2n1. The van der Waals surface area contributed by atoms with Crippen LogP contribution in [0.1, 0.15) is 19.0 Å². The predicted octanol–water partition coefficient (Wildman–Crippen LogP) is 3.51. The van der Waals surface area contributed by atoms with Gasteiger partial charge in [0.1, 0.15) is 0 Å². The summed E-state index contributed by atoms with van der Waals surface area (Å²) in [6.07, 6.45) is 1.79. The summed E-state index contributed by atoms with van der Waals surface area (Å²) in [5.41, 5.74) is 2.15. The van der Waals surface area contributed by atoms with Gasteiger partial charge in [0, 0.05) is 29.9 Å². The van der Waals surface area contributed by atoms with Crippen molar-refractivity contribution in [1.82, 2.24) is 4.98 Å². The Morgan fingerprint density at radius 1 is 1.18 bits per heavy atom. The highest BCUT2D eigenvalue weighted by molar-refractivity contribution is 5.91. The van der Waals surface area contributed by atoms with Gasteiger partial charge in [-0.05, 0) is 18.6 Å². The normalized spacial score (nSPS) is 10.8. The Labute approximate surface area is 98.7 Å². The number of halogens is 2. The van der Waals surface area contributed by atoms with Crippen molar-refractivity contribution in [3.05, 3.63) is 35.5 Å². The van der Waals surface area contributed by atoms with Gasteiger partial charge in [0.2, 0.25) is 0 Å². The van der Waals surface area contributed by atoms with Crippen LogP contribution in [0.2, 0.25) is 0 Å². The van der Waals surface area contributed by atoms with Crippen molar-refractivity contribution >= 4 is 16.6 Å².